The van der Waals surface area contributed by atoms with Crippen LogP contribution in [0.1, 0.15) is 29.7 Å². The fourth-order valence-electron chi connectivity index (χ4n) is 3.57. The molecule has 33 heavy (non-hydrogen) atoms. The first-order valence-electron chi connectivity index (χ1n) is 11.6. The maximum atomic E-state index is 11.8. The molecule has 178 valence electrons. The zero-order valence-corrected chi connectivity index (χ0v) is 20.0. The van der Waals surface area contributed by atoms with Gasteiger partial charge in [0.05, 0.1) is 32.8 Å². The molecule has 1 aliphatic heterocycles. The van der Waals surface area contributed by atoms with Gasteiger partial charge in [-0.1, -0.05) is 29.8 Å². The number of carbonyl (C=O) groups excluding carboxylic acids is 1. The molecule has 0 N–H and O–H groups in total. The van der Waals surface area contributed by atoms with Crippen molar-refractivity contribution in [3.63, 3.8) is 0 Å². The van der Waals surface area contributed by atoms with E-state index in [1.807, 2.05) is 31.1 Å². The summed E-state index contributed by atoms with van der Waals surface area (Å²) < 4.78 is 10.8. The molecule has 3 rings (SSSR count). The lowest BCUT2D eigenvalue weighted by Crippen LogP contribution is -2.36. The topological polar surface area (TPSA) is 79.6 Å². The number of nitrogens with zero attached hydrogens (tertiary/aromatic N) is 5. The average molecular weight is 454 g/mol. The first-order chi connectivity index (χ1) is 16.0. The number of ether oxygens (including phenoxy) is 2. The summed E-state index contributed by atoms with van der Waals surface area (Å²) in [5.74, 6) is 0.439. The van der Waals surface area contributed by atoms with Crippen LogP contribution in [0.2, 0.25) is 0 Å². The van der Waals surface area contributed by atoms with Crippen LogP contribution in [0.5, 0.6) is 0 Å². The van der Waals surface area contributed by atoms with Gasteiger partial charge >= 0.3 is 5.97 Å². The van der Waals surface area contributed by atoms with Gasteiger partial charge in [-0.3, -0.25) is 4.79 Å². The predicted octanol–water partition coefficient (Wildman–Crippen LogP) is 3.94. The quantitative estimate of drug-likeness (QED) is 0.291. The highest BCUT2D eigenvalue weighted by molar-refractivity contribution is 5.69. The van der Waals surface area contributed by atoms with E-state index in [9.17, 15) is 4.79 Å². The van der Waals surface area contributed by atoms with Crippen molar-refractivity contribution in [3.8, 4) is 0 Å². The van der Waals surface area contributed by atoms with Gasteiger partial charge in [-0.25, -0.2) is 4.98 Å². The summed E-state index contributed by atoms with van der Waals surface area (Å²) in [5, 5.41) is 8.79. The maximum Gasteiger partial charge on any atom is 0.307 e. The lowest BCUT2D eigenvalue weighted by atomic mass is 10.1. The van der Waals surface area contributed by atoms with Gasteiger partial charge in [0.25, 0.3) is 0 Å². The number of azo groups is 1. The Bertz CT molecular complexity index is 926. The van der Waals surface area contributed by atoms with Crippen LogP contribution in [0.25, 0.3) is 0 Å². The zero-order valence-electron chi connectivity index (χ0n) is 20.0. The molecule has 0 unspecified atom stereocenters. The Balaban J connectivity index is 1.62. The number of aryl methyl sites for hydroxylation is 2. The smallest absolute Gasteiger partial charge is 0.307 e. The molecule has 2 heterocycles. The number of rotatable bonds is 11. The molecule has 0 saturated carbocycles. The Labute approximate surface area is 196 Å². The average Bonchev–Trinajstić information content (AvgIpc) is 2.81. The summed E-state index contributed by atoms with van der Waals surface area (Å²) in [7, 11) is 3.88. The van der Waals surface area contributed by atoms with E-state index in [1.54, 1.807) is 0 Å². The monoisotopic (exact) mass is 453 g/mol. The van der Waals surface area contributed by atoms with E-state index in [1.165, 1.54) is 5.56 Å². The standard InChI is InChI=1S/C25H35N5O3/c1-20-6-4-7-21(16-20)19-26-28-24-18-23(30-11-14-32-15-12-30)17-22(27-24)8-5-13-33-25(31)9-10-29(2)3/h4,6-7,16-18H,5,8-15,19H2,1-3H3. The summed E-state index contributed by atoms with van der Waals surface area (Å²) in [6, 6.07) is 12.3. The molecule has 8 heteroatoms. The molecule has 1 aliphatic rings. The van der Waals surface area contributed by atoms with Crippen LogP contribution in [0, 0.1) is 6.92 Å². The van der Waals surface area contributed by atoms with Crippen LogP contribution in [-0.2, 0) is 27.2 Å². The number of carbonyl (C=O) groups is 1. The molecule has 0 aliphatic carbocycles. The molecule has 0 bridgehead atoms. The molecule has 0 radical (unpaired) electrons. The summed E-state index contributed by atoms with van der Waals surface area (Å²) >= 11 is 0. The van der Waals surface area contributed by atoms with Crippen molar-refractivity contribution < 1.29 is 14.3 Å². The molecule has 0 spiro atoms. The van der Waals surface area contributed by atoms with Gasteiger partial charge in [-0.2, -0.15) is 5.11 Å². The van der Waals surface area contributed by atoms with Gasteiger partial charge in [0, 0.05) is 37.1 Å². The molecule has 0 amide bonds. The number of hydrogen-bond donors (Lipinski definition) is 0. The van der Waals surface area contributed by atoms with E-state index in [0.717, 1.165) is 30.0 Å². The van der Waals surface area contributed by atoms with Gasteiger partial charge in [-0.15, -0.1) is 5.11 Å². The van der Waals surface area contributed by atoms with E-state index in [2.05, 4.69) is 51.3 Å². The highest BCUT2D eigenvalue weighted by atomic mass is 16.5. The maximum absolute atomic E-state index is 11.8. The van der Waals surface area contributed by atoms with Crippen molar-refractivity contribution in [2.24, 2.45) is 10.2 Å². The fraction of sp³-hybridized carbons (Fsp3) is 0.520. The van der Waals surface area contributed by atoms with Gasteiger partial charge in [0.15, 0.2) is 5.82 Å². The first-order valence-corrected chi connectivity index (χ1v) is 11.6. The Morgan fingerprint density at radius 3 is 2.79 bits per heavy atom. The molecule has 1 saturated heterocycles. The number of esters is 1. The lowest BCUT2D eigenvalue weighted by Gasteiger charge is -2.29. The molecule has 2 aromatic rings. The van der Waals surface area contributed by atoms with Crippen LogP contribution in [-0.4, -0.2) is 69.4 Å². The first kappa shape index (κ1) is 24.8. The molecule has 1 aromatic carbocycles. The van der Waals surface area contributed by atoms with E-state index in [4.69, 9.17) is 9.47 Å². The number of hydrogen-bond acceptors (Lipinski definition) is 8. The van der Waals surface area contributed by atoms with Crippen molar-refractivity contribution in [1.29, 1.82) is 0 Å². The van der Waals surface area contributed by atoms with Crippen LogP contribution >= 0.6 is 0 Å². The van der Waals surface area contributed by atoms with Crippen molar-refractivity contribution in [1.82, 2.24) is 9.88 Å². The Morgan fingerprint density at radius 2 is 2.03 bits per heavy atom. The second-order valence-electron chi connectivity index (χ2n) is 8.54. The number of benzene rings is 1. The van der Waals surface area contributed by atoms with Crippen LogP contribution in [0.15, 0.2) is 46.6 Å². The third-order valence-electron chi connectivity index (χ3n) is 5.34. The van der Waals surface area contributed by atoms with Crippen molar-refractivity contribution >= 4 is 17.5 Å². The summed E-state index contributed by atoms with van der Waals surface area (Å²) in [6.45, 7) is 6.77. The number of morpholine rings is 1. The fourth-order valence-corrected chi connectivity index (χ4v) is 3.57. The number of aromatic nitrogens is 1. The SMILES string of the molecule is Cc1cccc(CN=Nc2cc(N3CCOCC3)cc(CCCOC(=O)CCN(C)C)n2)c1. The van der Waals surface area contributed by atoms with Crippen LogP contribution in [0.3, 0.4) is 0 Å². The number of anilines is 1. The predicted molar refractivity (Wildman–Crippen MR) is 129 cm³/mol. The van der Waals surface area contributed by atoms with Gasteiger partial charge in [0.2, 0.25) is 0 Å². The van der Waals surface area contributed by atoms with Gasteiger partial charge in [0.1, 0.15) is 0 Å². The Hall–Kier alpha value is -2.84. The highest BCUT2D eigenvalue weighted by Crippen LogP contribution is 2.24. The highest BCUT2D eigenvalue weighted by Gasteiger charge is 2.14. The van der Waals surface area contributed by atoms with E-state index in [0.29, 0.717) is 58.0 Å². The van der Waals surface area contributed by atoms with Crippen LogP contribution in [0.4, 0.5) is 11.5 Å². The molecule has 0 atom stereocenters. The van der Waals surface area contributed by atoms with Crippen molar-refractivity contribution in [2.75, 3.05) is 58.5 Å². The van der Waals surface area contributed by atoms with Crippen molar-refractivity contribution in [3.05, 3.63) is 53.2 Å². The molecular weight excluding hydrogens is 418 g/mol. The normalized spacial score (nSPS) is 14.2. The summed E-state index contributed by atoms with van der Waals surface area (Å²) in [6.07, 6.45) is 1.83. The van der Waals surface area contributed by atoms with Gasteiger partial charge < -0.3 is 19.3 Å². The third-order valence-corrected chi connectivity index (χ3v) is 5.34. The van der Waals surface area contributed by atoms with Crippen molar-refractivity contribution in [2.45, 2.75) is 32.7 Å². The molecular formula is C25H35N5O3. The van der Waals surface area contributed by atoms with E-state index < -0.39 is 0 Å². The third kappa shape index (κ3) is 8.90. The number of pyridine rings is 1. The Morgan fingerprint density at radius 1 is 1.21 bits per heavy atom. The summed E-state index contributed by atoms with van der Waals surface area (Å²) in [5.41, 5.74) is 4.34. The molecule has 1 fully saturated rings. The largest absolute Gasteiger partial charge is 0.466 e. The minimum absolute atomic E-state index is 0.163. The summed E-state index contributed by atoms with van der Waals surface area (Å²) in [4.78, 5) is 20.8. The van der Waals surface area contributed by atoms with Crippen LogP contribution < -0.4 is 4.90 Å². The van der Waals surface area contributed by atoms with E-state index in [-0.39, 0.29) is 5.97 Å². The molecule has 8 nitrogen and oxygen atoms in total. The minimum Gasteiger partial charge on any atom is -0.466 e. The Kier molecular flexibility index (Phi) is 9.77. The second kappa shape index (κ2) is 13.0. The molecule has 1 aromatic heterocycles. The second-order valence-corrected chi connectivity index (χ2v) is 8.54. The zero-order chi connectivity index (χ0) is 23.5. The van der Waals surface area contributed by atoms with Gasteiger partial charge in [-0.05, 0) is 45.5 Å². The minimum atomic E-state index is -0.163. The van der Waals surface area contributed by atoms with E-state index >= 15 is 0 Å². The lowest BCUT2D eigenvalue weighted by molar-refractivity contribution is -0.144.